The molecule has 0 aliphatic heterocycles. The van der Waals surface area contributed by atoms with E-state index < -0.39 is 11.2 Å². The maximum Gasteiger partial charge on any atom is 0.336 e. The van der Waals surface area contributed by atoms with Gasteiger partial charge in [-0.3, -0.25) is 14.2 Å². The van der Waals surface area contributed by atoms with Crippen LogP contribution < -0.4 is 21.3 Å². The highest BCUT2D eigenvalue weighted by molar-refractivity contribution is 6.07. The number of methoxy groups -OCH3 is 1. The maximum atomic E-state index is 13.8. The Balaban J connectivity index is 1.77. The summed E-state index contributed by atoms with van der Waals surface area (Å²) in [6.45, 7) is 3.63. The fourth-order valence-corrected chi connectivity index (χ4v) is 4.70. The zero-order valence-electron chi connectivity index (χ0n) is 20.5. The van der Waals surface area contributed by atoms with Crippen LogP contribution in [0.1, 0.15) is 11.1 Å². The second kappa shape index (κ2) is 8.88. The summed E-state index contributed by atoms with van der Waals surface area (Å²) in [5.74, 6) is 0.212. The summed E-state index contributed by atoms with van der Waals surface area (Å²) >= 11 is 0. The van der Waals surface area contributed by atoms with E-state index in [9.17, 15) is 14.4 Å². The fourth-order valence-electron chi connectivity index (χ4n) is 4.70. The Morgan fingerprint density at radius 2 is 1.69 bits per heavy atom. The van der Waals surface area contributed by atoms with Gasteiger partial charge >= 0.3 is 5.69 Å². The van der Waals surface area contributed by atoms with E-state index in [-0.39, 0.29) is 12.5 Å². The first-order valence-corrected chi connectivity index (χ1v) is 11.5. The molecule has 0 bridgehead atoms. The average Bonchev–Trinajstić information content (AvgIpc) is 3.16. The molecule has 0 radical (unpaired) electrons. The number of para-hydroxylation sites is 1. The SMILES string of the molecule is COc1ccc2c(c1)c1c(c(=O)n(-c3ccccc3)c(=O)n1CC(=O)Nc1ccc(C)cc1C)n2C. The summed E-state index contributed by atoms with van der Waals surface area (Å²) in [6.07, 6.45) is 0. The number of nitrogens with one attached hydrogen (secondary N) is 1. The number of ether oxygens (including phenoxy) is 1. The minimum absolute atomic E-state index is 0.272. The Labute approximate surface area is 207 Å². The molecule has 182 valence electrons. The summed E-state index contributed by atoms with van der Waals surface area (Å²) in [5.41, 5.74) is 3.52. The van der Waals surface area contributed by atoms with Gasteiger partial charge < -0.3 is 14.6 Å². The molecule has 1 amide bonds. The van der Waals surface area contributed by atoms with Crippen molar-refractivity contribution in [1.82, 2.24) is 13.7 Å². The lowest BCUT2D eigenvalue weighted by Gasteiger charge is -2.14. The number of benzene rings is 3. The van der Waals surface area contributed by atoms with E-state index in [4.69, 9.17) is 4.74 Å². The standard InChI is InChI=1S/C28H26N4O4/c1-17-10-12-22(18(2)14-17)29-24(33)16-31-25-21-15-20(36-4)11-13-23(21)30(3)26(25)27(34)32(28(31)35)19-8-6-5-7-9-19/h5-15H,16H2,1-4H3,(H,29,33). The molecule has 0 saturated carbocycles. The van der Waals surface area contributed by atoms with E-state index in [0.29, 0.717) is 33.5 Å². The van der Waals surface area contributed by atoms with Crippen molar-refractivity contribution >= 4 is 33.5 Å². The first-order chi connectivity index (χ1) is 17.3. The number of fused-ring (bicyclic) bond motifs is 3. The van der Waals surface area contributed by atoms with E-state index in [1.165, 1.54) is 4.57 Å². The number of carbonyl (C=O) groups excluding carboxylic acids is 1. The van der Waals surface area contributed by atoms with Gasteiger partial charge in [0.2, 0.25) is 5.91 Å². The zero-order chi connectivity index (χ0) is 25.6. The molecule has 2 aromatic heterocycles. The number of hydrogen-bond donors (Lipinski definition) is 1. The van der Waals surface area contributed by atoms with Gasteiger partial charge in [-0.1, -0.05) is 35.9 Å². The Morgan fingerprint density at radius 1 is 0.944 bits per heavy atom. The van der Waals surface area contributed by atoms with Gasteiger partial charge in [-0.05, 0) is 55.8 Å². The minimum atomic E-state index is -0.593. The summed E-state index contributed by atoms with van der Waals surface area (Å²) in [5, 5.41) is 3.56. The van der Waals surface area contributed by atoms with E-state index >= 15 is 0 Å². The predicted octanol–water partition coefficient (Wildman–Crippen LogP) is 3.91. The molecule has 0 saturated heterocycles. The zero-order valence-corrected chi connectivity index (χ0v) is 20.5. The van der Waals surface area contributed by atoms with Crippen LogP contribution in [0, 0.1) is 13.8 Å². The van der Waals surface area contributed by atoms with Crippen molar-refractivity contribution in [3.8, 4) is 11.4 Å². The predicted molar refractivity (Wildman–Crippen MR) is 141 cm³/mol. The smallest absolute Gasteiger partial charge is 0.336 e. The van der Waals surface area contributed by atoms with Crippen LogP contribution in [-0.2, 0) is 18.4 Å². The third-order valence-electron chi connectivity index (χ3n) is 6.45. The molecule has 36 heavy (non-hydrogen) atoms. The van der Waals surface area contributed by atoms with E-state index in [0.717, 1.165) is 21.2 Å². The molecule has 8 nitrogen and oxygen atoms in total. The van der Waals surface area contributed by atoms with Crippen molar-refractivity contribution in [1.29, 1.82) is 0 Å². The van der Waals surface area contributed by atoms with Crippen LogP contribution in [0.25, 0.3) is 27.6 Å². The highest BCUT2D eigenvalue weighted by Gasteiger charge is 2.23. The Hall–Kier alpha value is -4.59. The largest absolute Gasteiger partial charge is 0.497 e. The maximum absolute atomic E-state index is 13.8. The summed E-state index contributed by atoms with van der Waals surface area (Å²) in [4.78, 5) is 40.7. The van der Waals surface area contributed by atoms with Crippen LogP contribution in [0.5, 0.6) is 5.75 Å². The number of anilines is 1. The van der Waals surface area contributed by atoms with Gasteiger partial charge in [0.25, 0.3) is 5.56 Å². The van der Waals surface area contributed by atoms with E-state index in [1.54, 1.807) is 55.1 Å². The van der Waals surface area contributed by atoms with Crippen LogP contribution in [0.2, 0.25) is 0 Å². The first kappa shape index (κ1) is 23.2. The molecule has 2 heterocycles. The summed E-state index contributed by atoms with van der Waals surface area (Å²) in [7, 11) is 3.33. The van der Waals surface area contributed by atoms with E-state index in [1.807, 2.05) is 44.2 Å². The van der Waals surface area contributed by atoms with Crippen molar-refractivity contribution in [3.63, 3.8) is 0 Å². The van der Waals surface area contributed by atoms with Gasteiger partial charge in [0.15, 0.2) is 0 Å². The molecule has 5 rings (SSSR count). The highest BCUT2D eigenvalue weighted by atomic mass is 16.5. The third-order valence-corrected chi connectivity index (χ3v) is 6.45. The molecular weight excluding hydrogens is 456 g/mol. The summed E-state index contributed by atoms with van der Waals surface area (Å²) < 4.78 is 9.63. The molecule has 0 spiro atoms. The second-order valence-electron chi connectivity index (χ2n) is 8.85. The molecule has 0 aliphatic carbocycles. The molecule has 0 unspecified atom stereocenters. The molecule has 0 fully saturated rings. The lowest BCUT2D eigenvalue weighted by Crippen LogP contribution is -2.41. The summed E-state index contributed by atoms with van der Waals surface area (Å²) in [6, 6.07) is 19.9. The topological polar surface area (TPSA) is 87.3 Å². The third kappa shape index (κ3) is 3.76. The molecule has 0 aliphatic rings. The van der Waals surface area contributed by atoms with Gasteiger partial charge in [-0.2, -0.15) is 0 Å². The van der Waals surface area contributed by atoms with Gasteiger partial charge in [-0.15, -0.1) is 0 Å². The molecule has 5 aromatic rings. The number of carbonyl (C=O) groups is 1. The van der Waals surface area contributed by atoms with Crippen LogP contribution in [0.3, 0.4) is 0 Å². The number of rotatable bonds is 5. The lowest BCUT2D eigenvalue weighted by molar-refractivity contribution is -0.116. The average molecular weight is 483 g/mol. The van der Waals surface area contributed by atoms with Gasteiger partial charge in [0.1, 0.15) is 17.8 Å². The lowest BCUT2D eigenvalue weighted by atomic mass is 10.1. The number of amides is 1. The number of nitrogens with zero attached hydrogens (tertiary/aromatic N) is 3. The van der Waals surface area contributed by atoms with Crippen LogP contribution in [0.4, 0.5) is 5.69 Å². The molecule has 1 N–H and O–H groups in total. The van der Waals surface area contributed by atoms with Crippen molar-refractivity contribution in [3.05, 3.63) is 98.7 Å². The number of aromatic nitrogens is 3. The second-order valence-corrected chi connectivity index (χ2v) is 8.85. The molecular formula is C28H26N4O4. The van der Waals surface area contributed by atoms with Gasteiger partial charge in [0.05, 0.1) is 23.8 Å². The Kier molecular flexibility index (Phi) is 5.72. The van der Waals surface area contributed by atoms with Crippen molar-refractivity contribution in [2.75, 3.05) is 12.4 Å². The van der Waals surface area contributed by atoms with Gasteiger partial charge in [0, 0.05) is 18.1 Å². The van der Waals surface area contributed by atoms with Crippen molar-refractivity contribution in [2.45, 2.75) is 20.4 Å². The minimum Gasteiger partial charge on any atom is -0.497 e. The van der Waals surface area contributed by atoms with Crippen molar-refractivity contribution in [2.24, 2.45) is 7.05 Å². The van der Waals surface area contributed by atoms with Crippen LogP contribution >= 0.6 is 0 Å². The normalized spacial score (nSPS) is 11.2. The molecule has 0 atom stereocenters. The van der Waals surface area contributed by atoms with Crippen LogP contribution in [0.15, 0.2) is 76.3 Å². The molecule has 8 heteroatoms. The fraction of sp³-hybridized carbons (Fsp3) is 0.179. The van der Waals surface area contributed by atoms with E-state index in [2.05, 4.69) is 5.32 Å². The number of aryl methyl sites for hydroxylation is 3. The van der Waals surface area contributed by atoms with Crippen LogP contribution in [-0.4, -0.2) is 26.7 Å². The molecule has 3 aromatic carbocycles. The monoisotopic (exact) mass is 482 g/mol. The van der Waals surface area contributed by atoms with Crippen molar-refractivity contribution < 1.29 is 9.53 Å². The first-order valence-electron chi connectivity index (χ1n) is 11.5. The van der Waals surface area contributed by atoms with Gasteiger partial charge in [-0.25, -0.2) is 9.36 Å². The Morgan fingerprint density at radius 3 is 2.39 bits per heavy atom. The number of hydrogen-bond acceptors (Lipinski definition) is 4. The highest BCUT2D eigenvalue weighted by Crippen LogP contribution is 2.29. The quantitative estimate of drug-likeness (QED) is 0.412. The Bertz CT molecular complexity index is 1760.